The summed E-state index contributed by atoms with van der Waals surface area (Å²) >= 11 is 17.6. The fourth-order valence-electron chi connectivity index (χ4n) is 1.75. The molecular weight excluding hydrogens is 350 g/mol. The largest absolute Gasteiger partial charge is 0.384 e. The molecule has 0 bridgehead atoms. The van der Waals surface area contributed by atoms with Gasteiger partial charge in [-0.3, -0.25) is 4.79 Å². The van der Waals surface area contributed by atoms with Crippen molar-refractivity contribution in [3.63, 3.8) is 0 Å². The second-order valence-electron chi connectivity index (χ2n) is 4.45. The van der Waals surface area contributed by atoms with E-state index in [1.807, 2.05) is 0 Å². The van der Waals surface area contributed by atoms with Crippen LogP contribution in [0.5, 0.6) is 0 Å². The van der Waals surface area contributed by atoms with Crippen LogP contribution in [0.3, 0.4) is 0 Å². The molecule has 2 N–H and O–H groups in total. The molecule has 0 atom stereocenters. The van der Waals surface area contributed by atoms with E-state index >= 15 is 0 Å². The van der Waals surface area contributed by atoms with Crippen molar-refractivity contribution in [3.05, 3.63) is 57.3 Å². The number of amides is 1. The summed E-state index contributed by atoms with van der Waals surface area (Å²) in [6, 6.07) is 9.24. The van der Waals surface area contributed by atoms with Crippen molar-refractivity contribution in [2.24, 2.45) is 0 Å². The van der Waals surface area contributed by atoms with Gasteiger partial charge in [-0.2, -0.15) is 0 Å². The molecule has 7 heteroatoms. The summed E-state index contributed by atoms with van der Waals surface area (Å²) in [7, 11) is 0. The number of nitrogens with one attached hydrogen (secondary N) is 2. The van der Waals surface area contributed by atoms with E-state index in [0.29, 0.717) is 28.0 Å². The highest BCUT2D eigenvalue weighted by Gasteiger charge is 2.09. The number of halogens is 4. The molecule has 0 aromatic heterocycles. The monoisotopic (exact) mass is 360 g/mol. The van der Waals surface area contributed by atoms with E-state index in [0.717, 1.165) is 0 Å². The van der Waals surface area contributed by atoms with Gasteiger partial charge in [-0.1, -0.05) is 40.9 Å². The molecule has 0 fully saturated rings. The summed E-state index contributed by atoms with van der Waals surface area (Å²) < 4.78 is 13.0. The zero-order valence-corrected chi connectivity index (χ0v) is 13.6. The average molecular weight is 362 g/mol. The van der Waals surface area contributed by atoms with Gasteiger partial charge in [0.15, 0.2) is 0 Å². The Labute approximate surface area is 142 Å². The van der Waals surface area contributed by atoms with Gasteiger partial charge in [-0.05, 0) is 30.3 Å². The predicted molar refractivity (Wildman–Crippen MR) is 89.6 cm³/mol. The van der Waals surface area contributed by atoms with Crippen LogP contribution in [0.2, 0.25) is 15.1 Å². The standard InChI is InChI=1S/C15H12Cl3FN2O/c16-10-2-1-3-11(17)15(10)21-14(22)6-7-20-9-4-5-13(19)12(18)8-9/h1-5,8,20H,6-7H2,(H,21,22). The molecule has 0 aliphatic carbocycles. The lowest BCUT2D eigenvalue weighted by atomic mass is 10.3. The van der Waals surface area contributed by atoms with Gasteiger partial charge in [0.2, 0.25) is 5.91 Å². The van der Waals surface area contributed by atoms with Crippen molar-refractivity contribution in [2.45, 2.75) is 6.42 Å². The Balaban J connectivity index is 1.86. The molecule has 0 heterocycles. The number of hydrogen-bond acceptors (Lipinski definition) is 2. The maximum Gasteiger partial charge on any atom is 0.226 e. The Hall–Kier alpha value is -1.49. The van der Waals surface area contributed by atoms with Gasteiger partial charge in [0, 0.05) is 18.7 Å². The van der Waals surface area contributed by atoms with E-state index in [1.54, 1.807) is 24.3 Å². The average Bonchev–Trinajstić information content (AvgIpc) is 2.47. The molecule has 1 amide bonds. The topological polar surface area (TPSA) is 41.1 Å². The Morgan fingerprint density at radius 3 is 2.36 bits per heavy atom. The first-order chi connectivity index (χ1) is 10.5. The Bertz CT molecular complexity index is 674. The van der Waals surface area contributed by atoms with E-state index in [-0.39, 0.29) is 17.4 Å². The minimum Gasteiger partial charge on any atom is -0.384 e. The third-order valence-electron chi connectivity index (χ3n) is 2.83. The summed E-state index contributed by atoms with van der Waals surface area (Å²) in [5.74, 6) is -0.728. The van der Waals surface area contributed by atoms with Crippen molar-refractivity contribution in [1.82, 2.24) is 0 Å². The van der Waals surface area contributed by atoms with E-state index < -0.39 is 5.82 Å². The smallest absolute Gasteiger partial charge is 0.226 e. The van der Waals surface area contributed by atoms with Crippen molar-refractivity contribution >= 4 is 52.1 Å². The van der Waals surface area contributed by atoms with Crippen molar-refractivity contribution in [2.75, 3.05) is 17.2 Å². The van der Waals surface area contributed by atoms with Crippen molar-refractivity contribution in [1.29, 1.82) is 0 Å². The highest BCUT2D eigenvalue weighted by molar-refractivity contribution is 6.39. The minimum atomic E-state index is -0.488. The first kappa shape index (κ1) is 16.9. The molecule has 0 spiro atoms. The fourth-order valence-corrected chi connectivity index (χ4v) is 2.42. The number of carbonyl (C=O) groups excluding carboxylic acids is 1. The summed E-state index contributed by atoms with van der Waals surface area (Å²) in [5, 5.41) is 6.41. The van der Waals surface area contributed by atoms with Crippen molar-refractivity contribution < 1.29 is 9.18 Å². The molecule has 0 unspecified atom stereocenters. The maximum absolute atomic E-state index is 13.0. The fraction of sp³-hybridized carbons (Fsp3) is 0.133. The highest BCUT2D eigenvalue weighted by Crippen LogP contribution is 2.29. The van der Waals surface area contributed by atoms with Gasteiger partial charge < -0.3 is 10.6 Å². The lowest BCUT2D eigenvalue weighted by Crippen LogP contribution is -2.16. The quantitative estimate of drug-likeness (QED) is 0.766. The second-order valence-corrected chi connectivity index (χ2v) is 5.67. The highest BCUT2D eigenvalue weighted by atomic mass is 35.5. The Morgan fingerprint density at radius 1 is 1.05 bits per heavy atom. The normalized spacial score (nSPS) is 10.4. The number of para-hydroxylation sites is 1. The Kier molecular flexibility index (Phi) is 5.89. The SMILES string of the molecule is O=C(CCNc1ccc(F)c(Cl)c1)Nc1c(Cl)cccc1Cl. The van der Waals surface area contributed by atoms with E-state index in [2.05, 4.69) is 10.6 Å². The van der Waals surface area contributed by atoms with Crippen LogP contribution < -0.4 is 10.6 Å². The van der Waals surface area contributed by atoms with Crippen molar-refractivity contribution in [3.8, 4) is 0 Å². The number of carbonyl (C=O) groups is 1. The lowest BCUT2D eigenvalue weighted by molar-refractivity contribution is -0.115. The zero-order valence-electron chi connectivity index (χ0n) is 11.3. The number of benzene rings is 2. The Morgan fingerprint density at radius 2 is 1.73 bits per heavy atom. The van der Waals surface area contributed by atoms with Gasteiger partial charge >= 0.3 is 0 Å². The van der Waals surface area contributed by atoms with E-state index in [9.17, 15) is 9.18 Å². The molecule has 3 nitrogen and oxygen atoms in total. The molecule has 0 saturated carbocycles. The first-order valence-electron chi connectivity index (χ1n) is 6.40. The van der Waals surface area contributed by atoms with Crippen LogP contribution in [0, 0.1) is 5.82 Å². The summed E-state index contributed by atoms with van der Waals surface area (Å²) in [6.07, 6.45) is 0.191. The van der Waals surface area contributed by atoms with Crippen LogP contribution in [-0.4, -0.2) is 12.5 Å². The summed E-state index contributed by atoms with van der Waals surface area (Å²) in [5.41, 5.74) is 1.02. The van der Waals surface area contributed by atoms with Crippen LogP contribution in [0.1, 0.15) is 6.42 Å². The summed E-state index contributed by atoms with van der Waals surface area (Å²) in [6.45, 7) is 0.357. The van der Waals surface area contributed by atoms with Gasteiger partial charge in [-0.25, -0.2) is 4.39 Å². The van der Waals surface area contributed by atoms with Crippen LogP contribution in [0.15, 0.2) is 36.4 Å². The van der Waals surface area contributed by atoms with Gasteiger partial charge in [-0.15, -0.1) is 0 Å². The zero-order chi connectivity index (χ0) is 16.1. The van der Waals surface area contributed by atoms with E-state index in [1.165, 1.54) is 12.1 Å². The minimum absolute atomic E-state index is 0.0253. The third-order valence-corrected chi connectivity index (χ3v) is 3.75. The van der Waals surface area contributed by atoms with Gasteiger partial charge in [0.05, 0.1) is 20.8 Å². The molecule has 0 aliphatic heterocycles. The lowest BCUT2D eigenvalue weighted by Gasteiger charge is -2.10. The van der Waals surface area contributed by atoms with Crippen LogP contribution in [0.4, 0.5) is 15.8 Å². The van der Waals surface area contributed by atoms with Crippen LogP contribution in [-0.2, 0) is 4.79 Å². The third kappa shape index (κ3) is 4.50. The molecule has 2 rings (SSSR count). The molecule has 2 aromatic carbocycles. The summed E-state index contributed by atoms with van der Waals surface area (Å²) in [4.78, 5) is 11.9. The number of hydrogen-bond donors (Lipinski definition) is 2. The molecule has 0 saturated heterocycles. The number of anilines is 2. The van der Waals surface area contributed by atoms with Gasteiger partial charge in [0.25, 0.3) is 0 Å². The molecular formula is C15H12Cl3FN2O. The van der Waals surface area contributed by atoms with Crippen LogP contribution in [0.25, 0.3) is 0 Å². The van der Waals surface area contributed by atoms with Crippen LogP contribution >= 0.6 is 34.8 Å². The van der Waals surface area contributed by atoms with E-state index in [4.69, 9.17) is 34.8 Å². The molecule has 2 aromatic rings. The number of rotatable bonds is 5. The maximum atomic E-state index is 13.0. The molecule has 0 aliphatic rings. The second kappa shape index (κ2) is 7.68. The predicted octanol–water partition coefficient (Wildman–Crippen LogP) is 5.23. The molecule has 0 radical (unpaired) electrons. The molecule has 22 heavy (non-hydrogen) atoms. The first-order valence-corrected chi connectivity index (χ1v) is 7.53. The van der Waals surface area contributed by atoms with Gasteiger partial charge in [0.1, 0.15) is 5.82 Å². The molecule has 116 valence electrons.